The Balaban J connectivity index is 1.67. The Morgan fingerprint density at radius 2 is 1.58 bits per heavy atom. The fourth-order valence-electron chi connectivity index (χ4n) is 3.44. The molecule has 5 nitrogen and oxygen atoms in total. The SMILES string of the molecule is C[C@@H](NC(=O)CN(C)S(=O)(=O)c1ccc2ccccc2c1)c1ccc(C(C)(C)C)cc1. The number of amides is 1. The molecule has 1 amide bonds. The number of fused-ring (bicyclic) bond motifs is 1. The normalized spacial score (nSPS) is 13.4. The highest BCUT2D eigenvalue weighted by Gasteiger charge is 2.24. The fourth-order valence-corrected chi connectivity index (χ4v) is 4.60. The summed E-state index contributed by atoms with van der Waals surface area (Å²) in [4.78, 5) is 12.7. The summed E-state index contributed by atoms with van der Waals surface area (Å²) in [5, 5.41) is 4.70. The van der Waals surface area contributed by atoms with E-state index in [2.05, 4.69) is 38.2 Å². The molecule has 31 heavy (non-hydrogen) atoms. The molecule has 0 fully saturated rings. The Labute approximate surface area is 185 Å². The molecule has 1 atom stereocenters. The van der Waals surface area contributed by atoms with Gasteiger partial charge in [-0.2, -0.15) is 4.31 Å². The molecule has 3 aromatic rings. The highest BCUT2D eigenvalue weighted by atomic mass is 32.2. The lowest BCUT2D eigenvalue weighted by Crippen LogP contribution is -2.39. The van der Waals surface area contributed by atoms with E-state index in [1.54, 1.807) is 18.2 Å². The van der Waals surface area contributed by atoms with E-state index in [0.717, 1.165) is 20.6 Å². The van der Waals surface area contributed by atoms with Crippen LogP contribution in [-0.2, 0) is 20.2 Å². The molecule has 0 radical (unpaired) electrons. The Bertz CT molecular complexity index is 1180. The van der Waals surface area contributed by atoms with E-state index >= 15 is 0 Å². The quantitative estimate of drug-likeness (QED) is 0.610. The van der Waals surface area contributed by atoms with Crippen molar-refractivity contribution >= 4 is 26.7 Å². The molecule has 0 bridgehead atoms. The second-order valence-electron chi connectivity index (χ2n) is 8.93. The van der Waals surface area contributed by atoms with Crippen LogP contribution < -0.4 is 5.32 Å². The van der Waals surface area contributed by atoms with Crippen molar-refractivity contribution in [2.45, 2.75) is 44.0 Å². The van der Waals surface area contributed by atoms with Gasteiger partial charge in [-0.05, 0) is 46.4 Å². The maximum atomic E-state index is 12.9. The minimum absolute atomic E-state index is 0.0604. The summed E-state index contributed by atoms with van der Waals surface area (Å²) in [5.74, 6) is -0.348. The molecule has 0 saturated heterocycles. The highest BCUT2D eigenvalue weighted by molar-refractivity contribution is 7.89. The number of hydrogen-bond acceptors (Lipinski definition) is 3. The van der Waals surface area contributed by atoms with Crippen molar-refractivity contribution in [2.75, 3.05) is 13.6 Å². The fraction of sp³-hybridized carbons (Fsp3) is 0.320. The van der Waals surface area contributed by atoms with Crippen LogP contribution in [0.4, 0.5) is 0 Å². The Hall–Kier alpha value is -2.70. The summed E-state index contributed by atoms with van der Waals surface area (Å²) < 4.78 is 27.0. The Kier molecular flexibility index (Phi) is 6.53. The summed E-state index contributed by atoms with van der Waals surface area (Å²) in [7, 11) is -2.35. The van der Waals surface area contributed by atoms with Crippen LogP contribution in [0.25, 0.3) is 10.8 Å². The molecule has 6 heteroatoms. The first-order chi connectivity index (χ1) is 14.5. The van der Waals surface area contributed by atoms with E-state index in [4.69, 9.17) is 0 Å². The number of nitrogens with one attached hydrogen (secondary N) is 1. The van der Waals surface area contributed by atoms with Gasteiger partial charge in [0.1, 0.15) is 0 Å². The van der Waals surface area contributed by atoms with Gasteiger partial charge in [0.05, 0.1) is 17.5 Å². The van der Waals surface area contributed by atoms with Gasteiger partial charge < -0.3 is 5.32 Å². The van der Waals surface area contributed by atoms with Crippen molar-refractivity contribution in [1.29, 1.82) is 0 Å². The molecule has 1 N–H and O–H groups in total. The smallest absolute Gasteiger partial charge is 0.243 e. The summed E-state index contributed by atoms with van der Waals surface area (Å²) >= 11 is 0. The van der Waals surface area contributed by atoms with Crippen LogP contribution in [0.1, 0.15) is 44.9 Å². The van der Waals surface area contributed by atoms with Gasteiger partial charge in [0.25, 0.3) is 0 Å². The van der Waals surface area contributed by atoms with Gasteiger partial charge in [0, 0.05) is 7.05 Å². The highest BCUT2D eigenvalue weighted by Crippen LogP contribution is 2.24. The van der Waals surface area contributed by atoms with Gasteiger partial charge in [0.15, 0.2) is 0 Å². The summed E-state index contributed by atoms with van der Waals surface area (Å²) in [5.41, 5.74) is 2.25. The second kappa shape index (κ2) is 8.81. The summed E-state index contributed by atoms with van der Waals surface area (Å²) in [6, 6.07) is 20.5. The van der Waals surface area contributed by atoms with E-state index in [-0.39, 0.29) is 28.8 Å². The Morgan fingerprint density at radius 1 is 0.968 bits per heavy atom. The largest absolute Gasteiger partial charge is 0.348 e. The van der Waals surface area contributed by atoms with E-state index in [1.807, 2.05) is 43.3 Å². The maximum absolute atomic E-state index is 12.9. The standard InChI is InChI=1S/C25H30N2O3S/c1-18(19-10-13-22(14-11-19)25(2,3)4)26-24(28)17-27(5)31(29,30)23-15-12-20-8-6-7-9-21(20)16-23/h6-16,18H,17H2,1-5H3,(H,26,28)/t18-/m1/s1. The van der Waals surface area contributed by atoms with Crippen LogP contribution >= 0.6 is 0 Å². The average molecular weight is 439 g/mol. The first kappa shape index (κ1) is 23.0. The number of likely N-dealkylation sites (N-methyl/N-ethyl adjacent to an activating group) is 1. The van der Waals surface area contributed by atoms with Crippen molar-refractivity contribution < 1.29 is 13.2 Å². The van der Waals surface area contributed by atoms with Gasteiger partial charge in [-0.1, -0.05) is 75.4 Å². The van der Waals surface area contributed by atoms with Crippen LogP contribution in [0.5, 0.6) is 0 Å². The molecule has 164 valence electrons. The molecule has 0 heterocycles. The molecule has 0 aliphatic heterocycles. The third kappa shape index (κ3) is 5.32. The lowest BCUT2D eigenvalue weighted by Gasteiger charge is -2.22. The maximum Gasteiger partial charge on any atom is 0.243 e. The topological polar surface area (TPSA) is 66.5 Å². The molecular formula is C25H30N2O3S. The molecule has 0 aromatic heterocycles. The predicted molar refractivity (Wildman–Crippen MR) is 125 cm³/mol. The van der Waals surface area contributed by atoms with Gasteiger partial charge in [-0.15, -0.1) is 0 Å². The van der Waals surface area contributed by atoms with Gasteiger partial charge in [0.2, 0.25) is 15.9 Å². The average Bonchev–Trinajstić information content (AvgIpc) is 2.72. The third-order valence-corrected chi connectivity index (χ3v) is 7.25. The summed E-state index contributed by atoms with van der Waals surface area (Å²) in [6.45, 7) is 8.10. The first-order valence-corrected chi connectivity index (χ1v) is 11.8. The van der Waals surface area contributed by atoms with Crippen molar-refractivity contribution in [3.05, 3.63) is 77.9 Å². The predicted octanol–water partition coefficient (Wildman–Crippen LogP) is 4.64. The van der Waals surface area contributed by atoms with E-state index < -0.39 is 10.0 Å². The molecule has 0 aliphatic carbocycles. The molecule has 0 spiro atoms. The van der Waals surface area contributed by atoms with Gasteiger partial charge in [-0.3, -0.25) is 4.79 Å². The van der Waals surface area contributed by atoms with Crippen molar-refractivity contribution in [3.8, 4) is 0 Å². The number of hydrogen-bond donors (Lipinski definition) is 1. The monoisotopic (exact) mass is 438 g/mol. The molecule has 0 saturated carbocycles. The van der Waals surface area contributed by atoms with Crippen LogP contribution in [0.3, 0.4) is 0 Å². The van der Waals surface area contributed by atoms with Gasteiger partial charge in [-0.25, -0.2) is 8.42 Å². The molecule has 0 aliphatic rings. The number of sulfonamides is 1. The van der Waals surface area contributed by atoms with E-state index in [9.17, 15) is 13.2 Å². The van der Waals surface area contributed by atoms with E-state index in [1.165, 1.54) is 12.6 Å². The van der Waals surface area contributed by atoms with Gasteiger partial charge >= 0.3 is 0 Å². The van der Waals surface area contributed by atoms with Crippen LogP contribution in [0.2, 0.25) is 0 Å². The second-order valence-corrected chi connectivity index (χ2v) is 11.0. The minimum atomic E-state index is -3.78. The Morgan fingerprint density at radius 3 is 2.19 bits per heavy atom. The summed E-state index contributed by atoms with van der Waals surface area (Å²) in [6.07, 6.45) is 0. The molecule has 3 rings (SSSR count). The van der Waals surface area contributed by atoms with Crippen molar-refractivity contribution in [2.24, 2.45) is 0 Å². The third-order valence-electron chi connectivity index (χ3n) is 5.45. The molecular weight excluding hydrogens is 408 g/mol. The molecule has 3 aromatic carbocycles. The minimum Gasteiger partial charge on any atom is -0.348 e. The number of carbonyl (C=O) groups excluding carboxylic acids is 1. The number of carbonyl (C=O) groups is 1. The van der Waals surface area contributed by atoms with Crippen molar-refractivity contribution in [1.82, 2.24) is 9.62 Å². The van der Waals surface area contributed by atoms with E-state index in [0.29, 0.717) is 0 Å². The van der Waals surface area contributed by atoms with Crippen molar-refractivity contribution in [3.63, 3.8) is 0 Å². The zero-order valence-corrected chi connectivity index (χ0v) is 19.5. The lowest BCUT2D eigenvalue weighted by atomic mass is 9.86. The number of rotatable bonds is 6. The number of nitrogens with zero attached hydrogens (tertiary/aromatic N) is 1. The van der Waals surface area contributed by atoms with Crippen LogP contribution in [0, 0.1) is 0 Å². The zero-order valence-electron chi connectivity index (χ0n) is 18.7. The first-order valence-electron chi connectivity index (χ1n) is 10.3. The lowest BCUT2D eigenvalue weighted by molar-refractivity contribution is -0.121. The van der Waals surface area contributed by atoms with Crippen LogP contribution in [0.15, 0.2) is 71.6 Å². The molecule has 0 unspecified atom stereocenters. The number of benzene rings is 3. The zero-order chi connectivity index (χ0) is 22.8. The van der Waals surface area contributed by atoms with Crippen LogP contribution in [-0.4, -0.2) is 32.2 Å².